The average molecular weight is 250 g/mol. The van der Waals surface area contributed by atoms with Crippen LogP contribution in [-0.2, 0) is 4.79 Å². The third kappa shape index (κ3) is 3.15. The van der Waals surface area contributed by atoms with Crippen LogP contribution < -0.4 is 5.73 Å². The van der Waals surface area contributed by atoms with E-state index in [0.717, 1.165) is 6.07 Å². The van der Waals surface area contributed by atoms with Gasteiger partial charge in [-0.25, -0.2) is 8.78 Å². The van der Waals surface area contributed by atoms with Crippen molar-refractivity contribution in [3.63, 3.8) is 0 Å². The normalized spacial score (nSPS) is 12.5. The minimum Gasteiger partial charge on any atom is -0.481 e. The lowest BCUT2D eigenvalue weighted by atomic mass is 10.0. The molecule has 16 heavy (non-hydrogen) atoms. The molecule has 0 amide bonds. The van der Waals surface area contributed by atoms with E-state index in [9.17, 15) is 13.6 Å². The Labute approximate surface area is 95.8 Å². The van der Waals surface area contributed by atoms with Crippen LogP contribution in [0.3, 0.4) is 0 Å². The maximum atomic E-state index is 13.1. The Morgan fingerprint density at radius 1 is 1.50 bits per heavy atom. The molecule has 0 fully saturated rings. The lowest BCUT2D eigenvalue weighted by molar-refractivity contribution is -0.137. The first kappa shape index (κ1) is 12.9. The van der Waals surface area contributed by atoms with Crippen LogP contribution in [0.1, 0.15) is 24.4 Å². The number of nitrogens with two attached hydrogens (primary N) is 1. The summed E-state index contributed by atoms with van der Waals surface area (Å²) in [7, 11) is 0. The van der Waals surface area contributed by atoms with Gasteiger partial charge in [0.1, 0.15) is 11.6 Å². The Hall–Kier alpha value is -1.20. The van der Waals surface area contributed by atoms with Crippen LogP contribution in [0.5, 0.6) is 0 Å². The molecule has 1 rings (SSSR count). The lowest BCUT2D eigenvalue weighted by Crippen LogP contribution is -2.13. The van der Waals surface area contributed by atoms with E-state index in [0.29, 0.717) is 6.07 Å². The molecule has 0 aliphatic heterocycles. The highest BCUT2D eigenvalue weighted by molar-refractivity contribution is 6.31. The maximum absolute atomic E-state index is 13.1. The predicted molar refractivity (Wildman–Crippen MR) is 55.2 cm³/mol. The molecule has 3 N–H and O–H groups in total. The van der Waals surface area contributed by atoms with Gasteiger partial charge in [-0.1, -0.05) is 11.6 Å². The average Bonchev–Trinajstić information content (AvgIpc) is 2.19. The highest BCUT2D eigenvalue weighted by Gasteiger charge is 2.16. The van der Waals surface area contributed by atoms with Crippen LogP contribution in [0.25, 0.3) is 0 Å². The molecule has 1 atom stereocenters. The number of aliphatic carboxylic acids is 1. The van der Waals surface area contributed by atoms with Crippen molar-refractivity contribution in [3.8, 4) is 0 Å². The van der Waals surface area contributed by atoms with E-state index in [4.69, 9.17) is 22.4 Å². The molecule has 0 bridgehead atoms. The van der Waals surface area contributed by atoms with Crippen molar-refractivity contribution in [3.05, 3.63) is 34.4 Å². The first-order chi connectivity index (χ1) is 7.41. The van der Waals surface area contributed by atoms with E-state index in [2.05, 4.69) is 0 Å². The molecule has 1 unspecified atom stereocenters. The maximum Gasteiger partial charge on any atom is 0.303 e. The second kappa shape index (κ2) is 5.23. The summed E-state index contributed by atoms with van der Waals surface area (Å²) in [6.45, 7) is 0. The van der Waals surface area contributed by atoms with Crippen molar-refractivity contribution in [2.45, 2.75) is 18.9 Å². The van der Waals surface area contributed by atoms with Crippen molar-refractivity contribution >= 4 is 17.6 Å². The zero-order chi connectivity index (χ0) is 12.3. The summed E-state index contributed by atoms with van der Waals surface area (Å²) < 4.78 is 26.0. The molecule has 1 aromatic rings. The second-order valence-corrected chi connectivity index (χ2v) is 3.71. The molecular formula is C10H10ClF2NO2. The molecule has 0 aliphatic carbocycles. The minimum absolute atomic E-state index is 0.0674. The van der Waals surface area contributed by atoms with Crippen LogP contribution in [0.15, 0.2) is 12.1 Å². The van der Waals surface area contributed by atoms with Gasteiger partial charge >= 0.3 is 5.97 Å². The zero-order valence-electron chi connectivity index (χ0n) is 8.21. The van der Waals surface area contributed by atoms with E-state index < -0.39 is 23.6 Å². The summed E-state index contributed by atoms with van der Waals surface area (Å²) in [4.78, 5) is 10.3. The fourth-order valence-electron chi connectivity index (χ4n) is 1.28. The molecule has 0 aliphatic rings. The zero-order valence-corrected chi connectivity index (χ0v) is 8.97. The Morgan fingerprint density at radius 3 is 2.69 bits per heavy atom. The summed E-state index contributed by atoms with van der Waals surface area (Å²) in [5.41, 5.74) is 5.68. The number of carboxylic acid groups (broad SMARTS) is 1. The van der Waals surface area contributed by atoms with E-state index in [1.54, 1.807) is 0 Å². The van der Waals surface area contributed by atoms with Crippen molar-refractivity contribution in [2.24, 2.45) is 5.73 Å². The van der Waals surface area contributed by atoms with Gasteiger partial charge in [0, 0.05) is 18.5 Å². The third-order valence-electron chi connectivity index (χ3n) is 2.09. The molecule has 0 saturated heterocycles. The Kier molecular flexibility index (Phi) is 4.20. The van der Waals surface area contributed by atoms with E-state index in [1.807, 2.05) is 0 Å². The van der Waals surface area contributed by atoms with E-state index >= 15 is 0 Å². The van der Waals surface area contributed by atoms with Crippen LogP contribution in [-0.4, -0.2) is 11.1 Å². The largest absolute Gasteiger partial charge is 0.481 e. The fourth-order valence-corrected chi connectivity index (χ4v) is 1.53. The third-order valence-corrected chi connectivity index (χ3v) is 2.49. The van der Waals surface area contributed by atoms with Crippen LogP contribution in [0.2, 0.25) is 5.02 Å². The summed E-state index contributed by atoms with van der Waals surface area (Å²) in [5.74, 6) is -2.71. The Bertz CT molecular complexity index is 412. The molecule has 0 saturated carbocycles. The molecule has 1 aromatic carbocycles. The first-order valence-electron chi connectivity index (χ1n) is 4.53. The fraction of sp³-hybridized carbons (Fsp3) is 0.300. The summed E-state index contributed by atoms with van der Waals surface area (Å²) in [6.07, 6.45) is -0.117. The van der Waals surface area contributed by atoms with Crippen molar-refractivity contribution < 1.29 is 18.7 Å². The van der Waals surface area contributed by atoms with Crippen LogP contribution in [0.4, 0.5) is 8.78 Å². The van der Waals surface area contributed by atoms with Gasteiger partial charge in [-0.05, 0) is 18.1 Å². The Morgan fingerprint density at radius 2 is 2.12 bits per heavy atom. The number of carbonyl (C=O) groups is 1. The monoisotopic (exact) mass is 249 g/mol. The highest BCUT2D eigenvalue weighted by Crippen LogP contribution is 2.27. The summed E-state index contributed by atoms with van der Waals surface area (Å²) >= 11 is 5.61. The van der Waals surface area contributed by atoms with Gasteiger partial charge in [0.25, 0.3) is 0 Å². The molecule has 0 radical (unpaired) electrons. The van der Waals surface area contributed by atoms with Gasteiger partial charge in [0.15, 0.2) is 0 Å². The van der Waals surface area contributed by atoms with Gasteiger partial charge in [-0.15, -0.1) is 0 Å². The number of rotatable bonds is 4. The van der Waals surface area contributed by atoms with Crippen LogP contribution >= 0.6 is 11.6 Å². The quantitative estimate of drug-likeness (QED) is 0.806. The molecule has 88 valence electrons. The molecule has 0 spiro atoms. The minimum atomic E-state index is -1.02. The molecular weight excluding hydrogens is 240 g/mol. The molecule has 3 nitrogen and oxygen atoms in total. The smallest absolute Gasteiger partial charge is 0.303 e. The van der Waals surface area contributed by atoms with E-state index in [1.165, 1.54) is 0 Å². The standard InChI is InChI=1S/C10H10ClF2NO2/c11-10-6(3-5(12)4-7(10)13)8(14)1-2-9(15)16/h3-4,8H,1-2,14H2,(H,15,16). The number of hydrogen-bond acceptors (Lipinski definition) is 2. The van der Waals surface area contributed by atoms with Crippen molar-refractivity contribution in [2.75, 3.05) is 0 Å². The molecule has 0 aromatic heterocycles. The molecule has 0 heterocycles. The summed E-state index contributed by atoms with van der Waals surface area (Å²) in [5, 5.41) is 8.19. The van der Waals surface area contributed by atoms with Crippen molar-refractivity contribution in [1.82, 2.24) is 0 Å². The number of hydrogen-bond donors (Lipinski definition) is 2. The SMILES string of the molecule is NC(CCC(=O)O)c1cc(F)cc(F)c1Cl. The van der Waals surface area contributed by atoms with Gasteiger partial charge in [-0.2, -0.15) is 0 Å². The lowest BCUT2D eigenvalue weighted by Gasteiger charge is -2.13. The number of benzene rings is 1. The topological polar surface area (TPSA) is 63.3 Å². The highest BCUT2D eigenvalue weighted by atomic mass is 35.5. The van der Waals surface area contributed by atoms with Gasteiger partial charge in [0.05, 0.1) is 5.02 Å². The predicted octanol–water partition coefficient (Wildman–Crippen LogP) is 2.48. The van der Waals surface area contributed by atoms with Gasteiger partial charge < -0.3 is 10.8 Å². The second-order valence-electron chi connectivity index (χ2n) is 3.33. The number of halogens is 3. The summed E-state index contributed by atoms with van der Waals surface area (Å²) in [6, 6.07) is 0.863. The molecule has 6 heteroatoms. The van der Waals surface area contributed by atoms with Crippen LogP contribution in [0, 0.1) is 11.6 Å². The van der Waals surface area contributed by atoms with Crippen molar-refractivity contribution in [1.29, 1.82) is 0 Å². The van der Waals surface area contributed by atoms with E-state index in [-0.39, 0.29) is 23.4 Å². The van der Waals surface area contributed by atoms with Gasteiger partial charge in [-0.3, -0.25) is 4.79 Å². The first-order valence-corrected chi connectivity index (χ1v) is 4.91. The van der Waals surface area contributed by atoms with Gasteiger partial charge in [0.2, 0.25) is 0 Å². The number of carboxylic acids is 1. The Balaban J connectivity index is 2.90.